The van der Waals surface area contributed by atoms with E-state index in [0.29, 0.717) is 5.69 Å². The normalized spacial score (nSPS) is 11.2. The Hall–Kier alpha value is -2.80. The van der Waals surface area contributed by atoms with Crippen LogP contribution in [-0.2, 0) is 11.3 Å². The van der Waals surface area contributed by atoms with Crippen LogP contribution in [0.2, 0.25) is 0 Å². The summed E-state index contributed by atoms with van der Waals surface area (Å²) in [5.74, 6) is -0.387. The minimum Gasteiger partial charge on any atom is -0.349 e. The summed E-state index contributed by atoms with van der Waals surface area (Å²) >= 11 is 0. The standard InChI is InChI=1S/C20H23N3O/c1-6-23-15(4)10-17(16(23)5)11-18(12-21)20(24)22-19-8-7-13(2)14(3)9-19/h7-11H,6H2,1-5H3,(H,22,24)/b18-11-. The number of aromatic nitrogens is 1. The average molecular weight is 321 g/mol. The lowest BCUT2D eigenvalue weighted by molar-refractivity contribution is -0.112. The summed E-state index contributed by atoms with van der Waals surface area (Å²) < 4.78 is 2.15. The van der Waals surface area contributed by atoms with Crippen LogP contribution in [-0.4, -0.2) is 10.5 Å². The third kappa shape index (κ3) is 3.57. The number of nitriles is 1. The number of benzene rings is 1. The van der Waals surface area contributed by atoms with Gasteiger partial charge in [0.2, 0.25) is 0 Å². The molecule has 1 aromatic carbocycles. The van der Waals surface area contributed by atoms with E-state index in [-0.39, 0.29) is 11.5 Å². The van der Waals surface area contributed by atoms with E-state index in [4.69, 9.17) is 0 Å². The van der Waals surface area contributed by atoms with Crippen molar-refractivity contribution in [1.29, 1.82) is 5.26 Å². The van der Waals surface area contributed by atoms with Crippen LogP contribution in [0.3, 0.4) is 0 Å². The highest BCUT2D eigenvalue weighted by molar-refractivity contribution is 6.09. The van der Waals surface area contributed by atoms with Crippen molar-refractivity contribution in [1.82, 2.24) is 4.57 Å². The van der Waals surface area contributed by atoms with Gasteiger partial charge in [0.1, 0.15) is 11.6 Å². The molecule has 0 aliphatic heterocycles. The molecular formula is C20H23N3O. The van der Waals surface area contributed by atoms with Gasteiger partial charge in [-0.3, -0.25) is 4.79 Å². The first-order valence-electron chi connectivity index (χ1n) is 8.04. The Morgan fingerprint density at radius 1 is 1.21 bits per heavy atom. The van der Waals surface area contributed by atoms with Gasteiger partial charge in [-0.15, -0.1) is 0 Å². The molecule has 0 radical (unpaired) electrons. The Labute approximate surface area is 143 Å². The zero-order valence-electron chi connectivity index (χ0n) is 14.9. The molecule has 1 amide bonds. The predicted octanol–water partition coefficient (Wildman–Crippen LogP) is 4.29. The molecule has 0 atom stereocenters. The van der Waals surface area contributed by atoms with Gasteiger partial charge in [0.15, 0.2) is 0 Å². The van der Waals surface area contributed by atoms with Crippen LogP contribution in [0.1, 0.15) is 35.0 Å². The zero-order valence-corrected chi connectivity index (χ0v) is 14.9. The van der Waals surface area contributed by atoms with Gasteiger partial charge in [-0.2, -0.15) is 5.26 Å². The molecule has 0 saturated carbocycles. The van der Waals surface area contributed by atoms with E-state index in [1.807, 2.05) is 58.0 Å². The Kier molecular flexibility index (Phi) is 5.25. The molecule has 1 N–H and O–H groups in total. The first-order chi connectivity index (χ1) is 11.4. The molecular weight excluding hydrogens is 298 g/mol. The minimum absolute atomic E-state index is 0.101. The van der Waals surface area contributed by atoms with Crippen LogP contribution in [0.25, 0.3) is 6.08 Å². The van der Waals surface area contributed by atoms with Gasteiger partial charge in [-0.25, -0.2) is 0 Å². The maximum absolute atomic E-state index is 12.4. The Balaban J connectivity index is 2.29. The van der Waals surface area contributed by atoms with E-state index >= 15 is 0 Å². The fourth-order valence-corrected chi connectivity index (χ4v) is 2.78. The van der Waals surface area contributed by atoms with Crippen molar-refractivity contribution in [3.63, 3.8) is 0 Å². The molecule has 1 aromatic heterocycles. The summed E-state index contributed by atoms with van der Waals surface area (Å²) in [6.45, 7) is 11.0. The number of carbonyl (C=O) groups excluding carboxylic acids is 1. The fourth-order valence-electron chi connectivity index (χ4n) is 2.78. The van der Waals surface area contributed by atoms with E-state index in [0.717, 1.165) is 34.6 Å². The molecule has 4 heteroatoms. The molecule has 2 aromatic rings. The third-order valence-electron chi connectivity index (χ3n) is 4.36. The quantitative estimate of drug-likeness (QED) is 0.674. The Bertz CT molecular complexity index is 850. The molecule has 0 aliphatic carbocycles. The maximum atomic E-state index is 12.4. The van der Waals surface area contributed by atoms with Gasteiger partial charge in [0.05, 0.1) is 0 Å². The van der Waals surface area contributed by atoms with Crippen LogP contribution >= 0.6 is 0 Å². The number of rotatable bonds is 4. The topological polar surface area (TPSA) is 57.8 Å². The van der Waals surface area contributed by atoms with Gasteiger partial charge in [0.25, 0.3) is 5.91 Å². The van der Waals surface area contributed by atoms with E-state index in [1.54, 1.807) is 6.08 Å². The van der Waals surface area contributed by atoms with Crippen LogP contribution in [0.5, 0.6) is 0 Å². The lowest BCUT2D eigenvalue weighted by atomic mass is 10.1. The van der Waals surface area contributed by atoms with Gasteiger partial charge in [-0.1, -0.05) is 6.07 Å². The summed E-state index contributed by atoms with van der Waals surface area (Å²) in [6, 6.07) is 9.72. The highest BCUT2D eigenvalue weighted by Gasteiger charge is 2.13. The number of amides is 1. The molecule has 0 bridgehead atoms. The minimum atomic E-state index is -0.387. The van der Waals surface area contributed by atoms with Crippen LogP contribution in [0, 0.1) is 39.0 Å². The van der Waals surface area contributed by atoms with Crippen LogP contribution in [0.4, 0.5) is 5.69 Å². The summed E-state index contributed by atoms with van der Waals surface area (Å²) in [4.78, 5) is 12.4. The van der Waals surface area contributed by atoms with Crippen LogP contribution < -0.4 is 5.32 Å². The number of aryl methyl sites for hydroxylation is 3. The summed E-state index contributed by atoms with van der Waals surface area (Å²) in [7, 11) is 0. The monoisotopic (exact) mass is 321 g/mol. The Morgan fingerprint density at radius 2 is 1.92 bits per heavy atom. The molecule has 0 spiro atoms. The molecule has 0 unspecified atom stereocenters. The molecule has 0 fully saturated rings. The third-order valence-corrected chi connectivity index (χ3v) is 4.36. The smallest absolute Gasteiger partial charge is 0.266 e. The van der Waals surface area contributed by atoms with Crippen molar-refractivity contribution in [2.75, 3.05) is 5.32 Å². The van der Waals surface area contributed by atoms with Crippen LogP contribution in [0.15, 0.2) is 29.8 Å². The predicted molar refractivity (Wildman–Crippen MR) is 97.7 cm³/mol. The van der Waals surface area contributed by atoms with Gasteiger partial charge < -0.3 is 9.88 Å². The van der Waals surface area contributed by atoms with Gasteiger partial charge >= 0.3 is 0 Å². The lowest BCUT2D eigenvalue weighted by Crippen LogP contribution is -2.13. The molecule has 0 aliphatic rings. The number of nitrogens with zero attached hydrogens (tertiary/aromatic N) is 2. The molecule has 1 heterocycles. The van der Waals surface area contributed by atoms with Crippen molar-refractivity contribution in [3.8, 4) is 6.07 Å². The summed E-state index contributed by atoms with van der Waals surface area (Å²) in [6.07, 6.45) is 1.66. The van der Waals surface area contributed by atoms with Gasteiger partial charge in [-0.05, 0) is 75.6 Å². The van der Waals surface area contributed by atoms with Crippen molar-refractivity contribution < 1.29 is 4.79 Å². The average Bonchev–Trinajstić information content (AvgIpc) is 2.81. The number of nitrogens with one attached hydrogen (secondary N) is 1. The fraction of sp³-hybridized carbons (Fsp3) is 0.300. The number of carbonyl (C=O) groups is 1. The van der Waals surface area contributed by atoms with Crippen molar-refractivity contribution >= 4 is 17.7 Å². The number of anilines is 1. The number of hydrogen-bond donors (Lipinski definition) is 1. The lowest BCUT2D eigenvalue weighted by Gasteiger charge is -2.07. The van der Waals surface area contributed by atoms with E-state index in [2.05, 4.69) is 16.8 Å². The second-order valence-electron chi connectivity index (χ2n) is 5.99. The van der Waals surface area contributed by atoms with Crippen molar-refractivity contribution in [3.05, 3.63) is 57.9 Å². The van der Waals surface area contributed by atoms with E-state index in [1.165, 1.54) is 0 Å². The molecule has 24 heavy (non-hydrogen) atoms. The largest absolute Gasteiger partial charge is 0.349 e. The second-order valence-corrected chi connectivity index (χ2v) is 5.99. The second kappa shape index (κ2) is 7.18. The zero-order chi connectivity index (χ0) is 17.9. The van der Waals surface area contributed by atoms with E-state index in [9.17, 15) is 10.1 Å². The molecule has 124 valence electrons. The first-order valence-corrected chi connectivity index (χ1v) is 8.04. The first kappa shape index (κ1) is 17.6. The maximum Gasteiger partial charge on any atom is 0.266 e. The molecule has 4 nitrogen and oxygen atoms in total. The SMILES string of the molecule is CCn1c(C)cc(/C=C(/C#N)C(=O)Nc2ccc(C)c(C)c2)c1C. The molecule has 0 saturated heterocycles. The van der Waals surface area contributed by atoms with Crippen molar-refractivity contribution in [2.45, 2.75) is 41.2 Å². The van der Waals surface area contributed by atoms with Gasteiger partial charge in [0, 0.05) is 23.6 Å². The highest BCUT2D eigenvalue weighted by atomic mass is 16.1. The number of hydrogen-bond acceptors (Lipinski definition) is 2. The van der Waals surface area contributed by atoms with E-state index < -0.39 is 0 Å². The Morgan fingerprint density at radius 3 is 2.46 bits per heavy atom. The highest BCUT2D eigenvalue weighted by Crippen LogP contribution is 2.19. The summed E-state index contributed by atoms with van der Waals surface area (Å²) in [5, 5.41) is 12.2. The van der Waals surface area contributed by atoms with Crippen molar-refractivity contribution in [2.24, 2.45) is 0 Å². The molecule has 2 rings (SSSR count). The summed E-state index contributed by atoms with van der Waals surface area (Å²) in [5.41, 5.74) is 6.14.